The summed E-state index contributed by atoms with van der Waals surface area (Å²) >= 11 is 0. The van der Waals surface area contributed by atoms with Crippen molar-refractivity contribution in [1.29, 1.82) is 0 Å². The van der Waals surface area contributed by atoms with Gasteiger partial charge in [0, 0.05) is 28.2 Å². The third-order valence-electron chi connectivity index (χ3n) is 4.64. The molecule has 2 heteroatoms. The minimum atomic E-state index is 0.252. The second-order valence-corrected chi connectivity index (χ2v) is 6.76. The smallest absolute Gasteiger partial charge is 0.121 e. The molecule has 1 N–H and O–H groups in total. The molecule has 0 spiro atoms. The van der Waals surface area contributed by atoms with E-state index in [1.54, 1.807) is 0 Å². The van der Waals surface area contributed by atoms with Crippen LogP contribution in [0.15, 0.2) is 36.4 Å². The fourth-order valence-electron chi connectivity index (χ4n) is 3.32. The molecule has 126 valence electrons. The summed E-state index contributed by atoms with van der Waals surface area (Å²) in [6.07, 6.45) is 5.11. The van der Waals surface area contributed by atoms with Gasteiger partial charge >= 0.3 is 0 Å². The van der Waals surface area contributed by atoms with E-state index in [1.165, 1.54) is 41.3 Å². The van der Waals surface area contributed by atoms with Gasteiger partial charge in [-0.1, -0.05) is 38.5 Å². The van der Waals surface area contributed by atoms with Gasteiger partial charge in [0.1, 0.15) is 5.75 Å². The largest absolute Gasteiger partial charge is 0.491 e. The molecule has 1 atom stereocenters. The summed E-state index contributed by atoms with van der Waals surface area (Å²) < 4.78 is 6.11. The number of nitrogens with one attached hydrogen (secondary N) is 1. The van der Waals surface area contributed by atoms with Crippen LogP contribution in [0, 0.1) is 0 Å². The molecule has 0 aliphatic carbocycles. The molecule has 2 aromatic rings. The van der Waals surface area contributed by atoms with Crippen LogP contribution in [0.1, 0.15) is 46.5 Å². The second-order valence-electron chi connectivity index (χ2n) is 6.76. The van der Waals surface area contributed by atoms with E-state index in [4.69, 9.17) is 4.74 Å². The van der Waals surface area contributed by atoms with Crippen LogP contribution in [0.5, 0.6) is 5.75 Å². The molecule has 3 rings (SSSR count). The first-order valence-corrected chi connectivity index (χ1v) is 8.96. The Bertz CT molecular complexity index is 838. The molecule has 0 bridgehead atoms. The van der Waals surface area contributed by atoms with Crippen molar-refractivity contribution in [2.45, 2.75) is 52.6 Å². The molecule has 0 amide bonds. The molecule has 1 aliphatic rings. The summed E-state index contributed by atoms with van der Waals surface area (Å²) in [7, 11) is 0. The lowest BCUT2D eigenvalue weighted by molar-refractivity contribution is 0.207. The van der Waals surface area contributed by atoms with Crippen molar-refractivity contribution in [1.82, 2.24) is 0 Å². The Kier molecular flexibility index (Phi) is 4.94. The lowest BCUT2D eigenvalue weighted by atomic mass is 9.96. The van der Waals surface area contributed by atoms with E-state index in [1.807, 2.05) is 0 Å². The highest BCUT2D eigenvalue weighted by molar-refractivity contribution is 5.88. The van der Waals surface area contributed by atoms with Gasteiger partial charge in [-0.25, -0.2) is 0 Å². The number of rotatable bonds is 6. The Morgan fingerprint density at radius 2 is 1.92 bits per heavy atom. The Labute approximate surface area is 144 Å². The van der Waals surface area contributed by atoms with Gasteiger partial charge < -0.3 is 10.1 Å². The van der Waals surface area contributed by atoms with E-state index in [2.05, 4.69) is 69.1 Å². The normalized spacial score (nSPS) is 13.7. The first kappa shape index (κ1) is 16.6. The fourth-order valence-corrected chi connectivity index (χ4v) is 3.32. The van der Waals surface area contributed by atoms with Crippen LogP contribution in [0.3, 0.4) is 0 Å². The van der Waals surface area contributed by atoms with Crippen LogP contribution in [0.25, 0.3) is 23.4 Å². The molecule has 1 aliphatic heterocycles. The highest BCUT2D eigenvalue weighted by Gasteiger charge is 2.15. The number of hydrogen-bond acceptors (Lipinski definition) is 2. The van der Waals surface area contributed by atoms with E-state index in [0.717, 1.165) is 23.1 Å². The summed E-state index contributed by atoms with van der Waals surface area (Å²) in [4.78, 5) is 0. The molecule has 0 saturated carbocycles. The SMILES string of the molecule is C=c1ccc2c(c1)-c1ccc(OC(C)CCCCC)cc1NC=2C. The molecular weight excluding hydrogens is 294 g/mol. The molecule has 0 aromatic heterocycles. The minimum absolute atomic E-state index is 0.252. The van der Waals surface area contributed by atoms with Crippen molar-refractivity contribution < 1.29 is 4.74 Å². The summed E-state index contributed by atoms with van der Waals surface area (Å²) in [5, 5.41) is 5.81. The first-order chi connectivity index (χ1) is 11.6. The van der Waals surface area contributed by atoms with Gasteiger partial charge in [-0.3, -0.25) is 0 Å². The maximum Gasteiger partial charge on any atom is 0.121 e. The van der Waals surface area contributed by atoms with E-state index in [0.29, 0.717) is 0 Å². The van der Waals surface area contributed by atoms with Gasteiger partial charge in [0.25, 0.3) is 0 Å². The number of fused-ring (bicyclic) bond motifs is 3. The average Bonchev–Trinajstić information content (AvgIpc) is 2.54. The molecule has 2 aromatic carbocycles. The predicted octanol–water partition coefficient (Wildman–Crippen LogP) is 4.67. The van der Waals surface area contributed by atoms with Gasteiger partial charge in [0.15, 0.2) is 0 Å². The van der Waals surface area contributed by atoms with E-state index in [9.17, 15) is 0 Å². The monoisotopic (exact) mass is 321 g/mol. The summed E-state index contributed by atoms with van der Waals surface area (Å²) in [6.45, 7) is 10.6. The Morgan fingerprint density at radius 3 is 2.71 bits per heavy atom. The predicted molar refractivity (Wildman–Crippen MR) is 104 cm³/mol. The molecule has 1 heterocycles. The maximum atomic E-state index is 6.11. The highest BCUT2D eigenvalue weighted by Crippen LogP contribution is 2.33. The Morgan fingerprint density at radius 1 is 1.08 bits per heavy atom. The zero-order chi connectivity index (χ0) is 17.1. The second kappa shape index (κ2) is 7.12. The summed E-state index contributed by atoms with van der Waals surface area (Å²) in [5.41, 5.74) is 4.75. The topological polar surface area (TPSA) is 21.3 Å². The molecule has 0 radical (unpaired) electrons. The summed E-state index contributed by atoms with van der Waals surface area (Å²) in [6, 6.07) is 12.7. The lowest BCUT2D eigenvalue weighted by Crippen LogP contribution is -2.21. The van der Waals surface area contributed by atoms with Gasteiger partial charge in [0.2, 0.25) is 0 Å². The highest BCUT2D eigenvalue weighted by atomic mass is 16.5. The molecular formula is C22H27NO. The van der Waals surface area contributed by atoms with Crippen LogP contribution in [-0.2, 0) is 0 Å². The van der Waals surface area contributed by atoms with E-state index in [-0.39, 0.29) is 6.10 Å². The van der Waals surface area contributed by atoms with Crippen molar-refractivity contribution in [3.8, 4) is 16.9 Å². The maximum absolute atomic E-state index is 6.11. The van der Waals surface area contributed by atoms with Crippen LogP contribution in [-0.4, -0.2) is 6.10 Å². The zero-order valence-electron chi connectivity index (χ0n) is 15.0. The van der Waals surface area contributed by atoms with E-state index < -0.39 is 0 Å². The molecule has 0 saturated heterocycles. The molecule has 0 fully saturated rings. The zero-order valence-corrected chi connectivity index (χ0v) is 15.0. The number of hydrogen-bond donors (Lipinski definition) is 1. The third kappa shape index (κ3) is 3.48. The average molecular weight is 321 g/mol. The first-order valence-electron chi connectivity index (χ1n) is 8.96. The van der Waals surface area contributed by atoms with E-state index >= 15 is 0 Å². The lowest BCUT2D eigenvalue weighted by Gasteiger charge is -2.22. The van der Waals surface area contributed by atoms with Crippen molar-refractivity contribution in [3.05, 3.63) is 46.8 Å². The van der Waals surface area contributed by atoms with Crippen molar-refractivity contribution in [2.75, 3.05) is 5.32 Å². The third-order valence-corrected chi connectivity index (χ3v) is 4.64. The fraction of sp³-hybridized carbons (Fsp3) is 0.364. The van der Waals surface area contributed by atoms with Crippen molar-refractivity contribution in [2.24, 2.45) is 0 Å². The van der Waals surface area contributed by atoms with Crippen LogP contribution in [0.4, 0.5) is 5.69 Å². The molecule has 2 nitrogen and oxygen atoms in total. The molecule has 1 unspecified atom stereocenters. The van der Waals surface area contributed by atoms with Crippen LogP contribution in [0.2, 0.25) is 0 Å². The quantitative estimate of drug-likeness (QED) is 0.781. The van der Waals surface area contributed by atoms with Gasteiger partial charge in [0.05, 0.1) is 6.10 Å². The van der Waals surface area contributed by atoms with Gasteiger partial charge in [-0.2, -0.15) is 0 Å². The molecule has 24 heavy (non-hydrogen) atoms. The van der Waals surface area contributed by atoms with Crippen LogP contribution >= 0.6 is 0 Å². The van der Waals surface area contributed by atoms with Crippen LogP contribution < -0.4 is 20.5 Å². The number of ether oxygens (including phenoxy) is 1. The minimum Gasteiger partial charge on any atom is -0.491 e. The van der Waals surface area contributed by atoms with Crippen molar-refractivity contribution >= 4 is 18.0 Å². The summed E-state index contributed by atoms with van der Waals surface area (Å²) in [5.74, 6) is 0.937. The van der Waals surface area contributed by atoms with Gasteiger partial charge in [-0.15, -0.1) is 0 Å². The number of anilines is 1. The number of unbranched alkanes of at least 4 members (excludes halogenated alkanes) is 2. The Hall–Kier alpha value is -2.22. The standard InChI is InChI=1S/C22H27NO/c1-5-6-7-8-16(3)24-18-10-12-20-21-13-15(2)9-11-19(21)17(4)23-22(20)14-18/h9-14,16,23H,2,5-8H2,1,3-4H3. The Balaban J connectivity index is 1.84. The number of benzene rings is 2. The van der Waals surface area contributed by atoms with Crippen molar-refractivity contribution in [3.63, 3.8) is 0 Å². The van der Waals surface area contributed by atoms with Gasteiger partial charge in [-0.05, 0) is 55.7 Å².